The van der Waals surface area contributed by atoms with Crippen LogP contribution in [-0.2, 0) is 17.8 Å². The highest BCUT2D eigenvalue weighted by molar-refractivity contribution is 7.80. The highest BCUT2D eigenvalue weighted by Gasteiger charge is 2.33. The maximum atomic E-state index is 12.8. The van der Waals surface area contributed by atoms with Crippen LogP contribution in [0.2, 0.25) is 0 Å². The first-order valence-corrected chi connectivity index (χ1v) is 10.5. The Hall–Kier alpha value is -2.90. The van der Waals surface area contributed by atoms with Gasteiger partial charge in [0.05, 0.1) is 12.8 Å². The van der Waals surface area contributed by atoms with Gasteiger partial charge in [-0.2, -0.15) is 0 Å². The van der Waals surface area contributed by atoms with Crippen molar-refractivity contribution in [2.24, 2.45) is 0 Å². The number of nitrogens with one attached hydrogen (secondary N) is 1. The first kappa shape index (κ1) is 23.8. The van der Waals surface area contributed by atoms with Crippen molar-refractivity contribution in [3.05, 3.63) is 47.7 Å². The highest BCUT2D eigenvalue weighted by Crippen LogP contribution is 2.32. The summed E-state index contributed by atoms with van der Waals surface area (Å²) in [4.78, 5) is 20.6. The molecule has 1 saturated heterocycles. The van der Waals surface area contributed by atoms with Gasteiger partial charge in [0.2, 0.25) is 5.88 Å². The van der Waals surface area contributed by atoms with Crippen LogP contribution >= 0.6 is 0 Å². The van der Waals surface area contributed by atoms with E-state index >= 15 is 0 Å². The molecule has 1 unspecified atom stereocenters. The highest BCUT2D eigenvalue weighted by atomic mass is 32.2. The number of hydrogen-bond acceptors (Lipinski definition) is 7. The molecule has 0 saturated carbocycles. The summed E-state index contributed by atoms with van der Waals surface area (Å²) in [7, 11) is 1.54. The summed E-state index contributed by atoms with van der Waals surface area (Å²) in [5.41, 5.74) is 0.430. The number of pyridine rings is 1. The summed E-state index contributed by atoms with van der Waals surface area (Å²) >= 11 is -2.86. The molecule has 1 N–H and O–H groups in total. The van der Waals surface area contributed by atoms with Gasteiger partial charge in [-0.25, -0.2) is 4.98 Å². The molecule has 1 aliphatic rings. The first-order valence-electron chi connectivity index (χ1n) is 9.41. The molecule has 0 spiro atoms. The van der Waals surface area contributed by atoms with Gasteiger partial charge < -0.3 is 23.6 Å². The molecule has 1 aromatic carbocycles. The van der Waals surface area contributed by atoms with E-state index in [2.05, 4.69) is 14.6 Å². The van der Waals surface area contributed by atoms with Gasteiger partial charge in [0.15, 0.2) is 5.75 Å². The predicted octanol–water partition coefficient (Wildman–Crippen LogP) is 2.15. The van der Waals surface area contributed by atoms with Crippen molar-refractivity contribution < 1.29 is 36.2 Å². The van der Waals surface area contributed by atoms with Gasteiger partial charge in [0, 0.05) is 61.3 Å². The number of anilines is 1. The maximum Gasteiger partial charge on any atom is 0.573 e. The second kappa shape index (κ2) is 10.1. The van der Waals surface area contributed by atoms with Crippen molar-refractivity contribution >= 4 is 22.9 Å². The minimum absolute atomic E-state index is 0.0474. The van der Waals surface area contributed by atoms with E-state index in [1.165, 1.54) is 18.1 Å². The van der Waals surface area contributed by atoms with Crippen LogP contribution in [0, 0.1) is 0 Å². The fourth-order valence-electron chi connectivity index (χ4n) is 3.30. The number of methoxy groups -OCH3 is 1. The second-order valence-electron chi connectivity index (χ2n) is 6.84. The van der Waals surface area contributed by atoms with Crippen LogP contribution in [0.5, 0.6) is 11.6 Å². The fourth-order valence-corrected chi connectivity index (χ4v) is 3.65. The number of amides is 1. The Morgan fingerprint density at radius 2 is 1.97 bits per heavy atom. The van der Waals surface area contributed by atoms with Crippen LogP contribution < -0.4 is 14.2 Å². The minimum atomic E-state index is -5.05. The fraction of sp³-hybridized carbons (Fsp3) is 0.368. The molecule has 1 aliphatic heterocycles. The topological polar surface area (TPSA) is 107 Å². The molecule has 9 nitrogen and oxygen atoms in total. The number of ether oxygens (including phenoxy) is 2. The molecule has 0 bridgehead atoms. The Balaban J connectivity index is 1.67. The molecule has 2 heterocycles. The lowest BCUT2D eigenvalue weighted by atomic mass is 10.1. The molecule has 32 heavy (non-hydrogen) atoms. The second-order valence-corrected chi connectivity index (χ2v) is 7.51. The maximum absolute atomic E-state index is 12.8. The van der Waals surface area contributed by atoms with E-state index in [0.717, 1.165) is 17.7 Å². The Morgan fingerprint density at radius 3 is 2.59 bits per heavy atom. The molecular weight excluding hydrogens is 453 g/mol. The average Bonchev–Trinajstić information content (AvgIpc) is 2.74. The Kier molecular flexibility index (Phi) is 7.53. The Morgan fingerprint density at radius 1 is 1.25 bits per heavy atom. The van der Waals surface area contributed by atoms with E-state index in [0.29, 0.717) is 38.6 Å². The summed E-state index contributed by atoms with van der Waals surface area (Å²) in [6, 6.07) is 6.87. The summed E-state index contributed by atoms with van der Waals surface area (Å²) in [6.07, 6.45) is -3.42. The van der Waals surface area contributed by atoms with Crippen molar-refractivity contribution in [2.45, 2.75) is 12.9 Å². The largest absolute Gasteiger partial charge is 0.755 e. The number of benzene rings is 1. The smallest absolute Gasteiger partial charge is 0.573 e. The molecule has 0 aliphatic carbocycles. The van der Waals surface area contributed by atoms with E-state index < -0.39 is 35.0 Å². The van der Waals surface area contributed by atoms with Crippen LogP contribution in [-0.4, -0.2) is 69.1 Å². The van der Waals surface area contributed by atoms with E-state index in [1.807, 2.05) is 10.8 Å². The Labute approximate surface area is 184 Å². The zero-order valence-electron chi connectivity index (χ0n) is 16.9. The van der Waals surface area contributed by atoms with E-state index in [-0.39, 0.29) is 5.56 Å². The van der Waals surface area contributed by atoms with Crippen molar-refractivity contribution in [3.63, 3.8) is 0 Å². The van der Waals surface area contributed by atoms with Crippen LogP contribution in [0.15, 0.2) is 36.5 Å². The average molecular weight is 473 g/mol. The molecule has 3 rings (SSSR count). The number of hydrogen-bond donors (Lipinski definition) is 1. The monoisotopic (exact) mass is 473 g/mol. The molecule has 2 aromatic rings. The van der Waals surface area contributed by atoms with Gasteiger partial charge in [-0.05, 0) is 24.3 Å². The number of aromatic nitrogens is 1. The zero-order chi connectivity index (χ0) is 23.3. The van der Waals surface area contributed by atoms with Crippen LogP contribution in [0.25, 0.3) is 0 Å². The molecule has 1 fully saturated rings. The third-order valence-electron chi connectivity index (χ3n) is 4.74. The Bertz CT molecular complexity index is 984. The molecule has 1 amide bonds. The van der Waals surface area contributed by atoms with Gasteiger partial charge in [0.25, 0.3) is 5.91 Å². The van der Waals surface area contributed by atoms with E-state index in [9.17, 15) is 26.7 Å². The number of alkyl halides is 3. The molecule has 1 atom stereocenters. The number of rotatable bonds is 7. The van der Waals surface area contributed by atoms with Crippen molar-refractivity contribution in [2.75, 3.05) is 38.0 Å². The van der Waals surface area contributed by atoms with Crippen molar-refractivity contribution in [1.82, 2.24) is 14.8 Å². The quantitative estimate of drug-likeness (QED) is 0.614. The third-order valence-corrected chi connectivity index (χ3v) is 5.13. The molecule has 1 aromatic heterocycles. The number of carbonyl (C=O) groups excluding carboxylic acids is 1. The van der Waals surface area contributed by atoms with Gasteiger partial charge in [-0.1, -0.05) is 6.07 Å². The summed E-state index contributed by atoms with van der Waals surface area (Å²) < 4.78 is 70.7. The summed E-state index contributed by atoms with van der Waals surface area (Å²) in [6.45, 7) is 2.40. The number of halogens is 3. The summed E-state index contributed by atoms with van der Waals surface area (Å²) in [5, 5.41) is 0. The van der Waals surface area contributed by atoms with Crippen LogP contribution in [0.1, 0.15) is 15.9 Å². The lowest BCUT2D eigenvalue weighted by molar-refractivity contribution is -0.274. The molecule has 13 heteroatoms. The van der Waals surface area contributed by atoms with Gasteiger partial charge in [-0.3, -0.25) is 13.9 Å². The molecule has 0 radical (unpaired) electrons. The van der Waals surface area contributed by atoms with Gasteiger partial charge in [-0.15, -0.1) is 13.2 Å². The number of piperazine rings is 1. The standard InChI is InChI=1S/C19H21F3N4O5S/c1-30-17-14(3-2-6-23-17)12-25-7-9-26(10-8-25)18(27)13-4-5-15(24-32(28)29)16(11-13)31-19(20,21)22/h2-6,11,24H,7-10,12H2,1H3,(H,28,29)/p-1. The lowest BCUT2D eigenvalue weighted by Crippen LogP contribution is -2.48. The third kappa shape index (κ3) is 6.31. The van der Waals surface area contributed by atoms with Crippen molar-refractivity contribution in [3.8, 4) is 11.6 Å². The zero-order valence-corrected chi connectivity index (χ0v) is 17.7. The number of nitrogens with zero attached hydrogens (tertiary/aromatic N) is 3. The van der Waals surface area contributed by atoms with E-state index in [1.54, 1.807) is 12.3 Å². The predicted molar refractivity (Wildman–Crippen MR) is 108 cm³/mol. The molecule has 174 valence electrons. The lowest BCUT2D eigenvalue weighted by Gasteiger charge is -2.35. The number of carbonyl (C=O) groups is 1. The minimum Gasteiger partial charge on any atom is -0.755 e. The van der Waals surface area contributed by atoms with E-state index in [4.69, 9.17) is 4.74 Å². The normalized spacial score (nSPS) is 15.8. The SMILES string of the molecule is COc1ncccc1CN1CCN(C(=O)c2ccc(NS(=O)[O-])c(OC(F)(F)F)c2)CC1. The first-order chi connectivity index (χ1) is 15.2. The van der Waals surface area contributed by atoms with Crippen LogP contribution in [0.3, 0.4) is 0 Å². The van der Waals surface area contributed by atoms with Crippen LogP contribution in [0.4, 0.5) is 18.9 Å². The van der Waals surface area contributed by atoms with Gasteiger partial charge in [0.1, 0.15) is 0 Å². The molecular formula is C19H20F3N4O5S-. The van der Waals surface area contributed by atoms with Gasteiger partial charge >= 0.3 is 6.36 Å². The summed E-state index contributed by atoms with van der Waals surface area (Å²) in [5.74, 6) is -0.767. The van der Waals surface area contributed by atoms with Crippen molar-refractivity contribution in [1.29, 1.82) is 0 Å².